The zero-order valence-corrected chi connectivity index (χ0v) is 14.3. The van der Waals surface area contributed by atoms with Gasteiger partial charge in [-0.05, 0) is 11.1 Å². The third kappa shape index (κ3) is 4.98. The molecule has 0 aliphatic carbocycles. The van der Waals surface area contributed by atoms with Crippen LogP contribution in [0.2, 0.25) is 0 Å². The molecule has 0 saturated heterocycles. The van der Waals surface area contributed by atoms with Crippen LogP contribution in [0.25, 0.3) is 0 Å². The van der Waals surface area contributed by atoms with Gasteiger partial charge in [-0.15, -0.1) is 0 Å². The van der Waals surface area contributed by atoms with E-state index < -0.39 is 22.8 Å². The second kappa shape index (κ2) is 8.71. The molecule has 126 valence electrons. The first-order chi connectivity index (χ1) is 11.5. The van der Waals surface area contributed by atoms with E-state index in [2.05, 4.69) is 0 Å². The van der Waals surface area contributed by atoms with Gasteiger partial charge in [-0.3, -0.25) is 9.69 Å². The van der Waals surface area contributed by atoms with Crippen LogP contribution in [0, 0.1) is 0 Å². The summed E-state index contributed by atoms with van der Waals surface area (Å²) >= 11 is 11.5. The summed E-state index contributed by atoms with van der Waals surface area (Å²) in [6.07, 6.45) is -0.975. The summed E-state index contributed by atoms with van der Waals surface area (Å²) in [6.45, 7) is 0.0832. The number of carbonyl (C=O) groups is 2. The fourth-order valence-electron chi connectivity index (χ4n) is 2.44. The van der Waals surface area contributed by atoms with Gasteiger partial charge in [0.05, 0.1) is 0 Å². The predicted octanol–water partition coefficient (Wildman–Crippen LogP) is 4.15. The summed E-state index contributed by atoms with van der Waals surface area (Å²) in [7, 11) is 0. The minimum absolute atomic E-state index is 0.0832. The van der Waals surface area contributed by atoms with Gasteiger partial charge in [-0.25, -0.2) is 4.79 Å². The van der Waals surface area contributed by atoms with E-state index in [0.29, 0.717) is 0 Å². The highest BCUT2D eigenvalue weighted by Gasteiger charge is 2.33. The Labute approximate surface area is 150 Å². The number of nitrogens with zero attached hydrogens (tertiary/aromatic N) is 1. The lowest BCUT2D eigenvalue weighted by Crippen LogP contribution is -2.47. The Morgan fingerprint density at radius 2 is 1.42 bits per heavy atom. The molecule has 0 spiro atoms. The number of halogens is 2. The molecule has 24 heavy (non-hydrogen) atoms. The summed E-state index contributed by atoms with van der Waals surface area (Å²) in [4.78, 5) is 24.0. The second-order valence-electron chi connectivity index (χ2n) is 5.30. The van der Waals surface area contributed by atoms with E-state index in [1.54, 1.807) is 12.1 Å². The van der Waals surface area contributed by atoms with Crippen LogP contribution in [-0.2, 0) is 17.8 Å². The first-order valence-corrected chi connectivity index (χ1v) is 8.25. The number of hydrogen-bond acceptors (Lipinski definition) is 2. The van der Waals surface area contributed by atoms with Crippen molar-refractivity contribution in [3.63, 3.8) is 0 Å². The van der Waals surface area contributed by atoms with Crippen molar-refractivity contribution in [3.05, 3.63) is 71.8 Å². The normalized spacial score (nSPS) is 12.0. The van der Waals surface area contributed by atoms with Gasteiger partial charge < -0.3 is 5.11 Å². The van der Waals surface area contributed by atoms with E-state index in [1.807, 2.05) is 48.5 Å². The standard InChI is InChI=1S/C18H17Cl2NO3/c19-17(20)16(22)15(11-13-7-3-1-4-8-13)21(18(23)24)12-14-9-5-2-6-10-14/h1-10,15,17H,11-12H2,(H,23,24)/t15-/m0/s1. The third-order valence-corrected chi connectivity index (χ3v) is 4.06. The smallest absolute Gasteiger partial charge is 0.408 e. The Morgan fingerprint density at radius 3 is 1.88 bits per heavy atom. The quantitative estimate of drug-likeness (QED) is 0.749. The molecule has 0 aromatic heterocycles. The minimum atomic E-state index is -1.28. The zero-order valence-electron chi connectivity index (χ0n) is 12.8. The number of amides is 1. The van der Waals surface area contributed by atoms with Gasteiger partial charge in [-0.1, -0.05) is 83.9 Å². The van der Waals surface area contributed by atoms with Crippen molar-refractivity contribution in [2.24, 2.45) is 0 Å². The van der Waals surface area contributed by atoms with E-state index in [-0.39, 0.29) is 13.0 Å². The molecule has 0 aliphatic heterocycles. The number of ketones is 1. The highest BCUT2D eigenvalue weighted by molar-refractivity contribution is 6.54. The molecule has 1 amide bonds. The molecule has 0 unspecified atom stereocenters. The Kier molecular flexibility index (Phi) is 6.64. The highest BCUT2D eigenvalue weighted by atomic mass is 35.5. The van der Waals surface area contributed by atoms with Crippen LogP contribution >= 0.6 is 23.2 Å². The average molecular weight is 366 g/mol. The lowest BCUT2D eigenvalue weighted by Gasteiger charge is -2.29. The summed E-state index contributed by atoms with van der Waals surface area (Å²) < 4.78 is 0. The van der Waals surface area contributed by atoms with Crippen LogP contribution in [0.15, 0.2) is 60.7 Å². The number of benzene rings is 2. The molecule has 0 saturated carbocycles. The van der Waals surface area contributed by atoms with Gasteiger partial charge in [0.25, 0.3) is 0 Å². The molecule has 0 bridgehead atoms. The van der Waals surface area contributed by atoms with Crippen LogP contribution in [-0.4, -0.2) is 32.8 Å². The second-order valence-corrected chi connectivity index (χ2v) is 6.40. The molecular formula is C18H17Cl2NO3. The molecule has 2 rings (SSSR count). The minimum Gasteiger partial charge on any atom is -0.465 e. The molecule has 0 fully saturated rings. The molecule has 2 aromatic carbocycles. The van der Waals surface area contributed by atoms with E-state index in [1.165, 1.54) is 0 Å². The highest BCUT2D eigenvalue weighted by Crippen LogP contribution is 2.19. The van der Waals surface area contributed by atoms with Gasteiger partial charge in [0.15, 0.2) is 10.6 Å². The number of rotatable bonds is 7. The maximum Gasteiger partial charge on any atom is 0.408 e. The van der Waals surface area contributed by atoms with Gasteiger partial charge in [0, 0.05) is 13.0 Å². The summed E-state index contributed by atoms with van der Waals surface area (Å²) in [5, 5.41) is 9.60. The average Bonchev–Trinajstić information content (AvgIpc) is 2.59. The number of Topliss-reactive ketones (excluding diaryl/α,β-unsaturated/α-hetero) is 1. The van der Waals surface area contributed by atoms with E-state index in [9.17, 15) is 14.7 Å². The monoisotopic (exact) mass is 365 g/mol. The summed E-state index contributed by atoms with van der Waals surface area (Å²) in [5.41, 5.74) is 1.62. The van der Waals surface area contributed by atoms with Crippen LogP contribution in [0.5, 0.6) is 0 Å². The van der Waals surface area contributed by atoms with Gasteiger partial charge in [0.1, 0.15) is 6.04 Å². The maximum absolute atomic E-state index is 12.4. The number of hydrogen-bond donors (Lipinski definition) is 1. The number of carbonyl (C=O) groups excluding carboxylic acids is 1. The predicted molar refractivity (Wildman–Crippen MR) is 94.4 cm³/mol. The maximum atomic E-state index is 12.4. The van der Waals surface area contributed by atoms with Crippen LogP contribution in [0.4, 0.5) is 4.79 Å². The fraction of sp³-hybridized carbons (Fsp3) is 0.222. The first kappa shape index (κ1) is 18.3. The number of alkyl halides is 2. The molecule has 2 aromatic rings. The summed E-state index contributed by atoms with van der Waals surface area (Å²) in [6, 6.07) is 17.3. The van der Waals surface area contributed by atoms with Crippen molar-refractivity contribution in [1.82, 2.24) is 4.90 Å². The summed E-state index contributed by atoms with van der Waals surface area (Å²) in [5.74, 6) is -0.527. The van der Waals surface area contributed by atoms with Crippen LogP contribution < -0.4 is 0 Å². The van der Waals surface area contributed by atoms with Crippen LogP contribution in [0.1, 0.15) is 11.1 Å². The SMILES string of the molecule is O=C(C(Cl)Cl)[C@H](Cc1ccccc1)N(Cc1ccccc1)C(=O)O. The molecule has 6 heteroatoms. The third-order valence-electron chi connectivity index (χ3n) is 3.63. The van der Waals surface area contributed by atoms with E-state index in [0.717, 1.165) is 16.0 Å². The molecule has 1 N–H and O–H groups in total. The molecule has 0 radical (unpaired) electrons. The molecule has 0 aliphatic rings. The molecule has 1 atom stereocenters. The van der Waals surface area contributed by atoms with E-state index in [4.69, 9.17) is 23.2 Å². The molecule has 4 nitrogen and oxygen atoms in total. The lowest BCUT2D eigenvalue weighted by atomic mass is 10.0. The van der Waals surface area contributed by atoms with Crippen molar-refractivity contribution in [2.75, 3.05) is 0 Å². The number of carboxylic acid groups (broad SMARTS) is 1. The van der Waals surface area contributed by atoms with Crippen LogP contribution in [0.3, 0.4) is 0 Å². The Balaban J connectivity index is 2.30. The zero-order chi connectivity index (χ0) is 17.5. The van der Waals surface area contributed by atoms with Crippen molar-refractivity contribution >= 4 is 35.1 Å². The van der Waals surface area contributed by atoms with Crippen molar-refractivity contribution in [3.8, 4) is 0 Å². The van der Waals surface area contributed by atoms with Crippen molar-refractivity contribution in [2.45, 2.75) is 23.8 Å². The topological polar surface area (TPSA) is 57.6 Å². The van der Waals surface area contributed by atoms with Crippen molar-refractivity contribution < 1.29 is 14.7 Å². The first-order valence-electron chi connectivity index (χ1n) is 7.38. The van der Waals surface area contributed by atoms with Gasteiger partial charge in [-0.2, -0.15) is 0 Å². The Morgan fingerprint density at radius 1 is 0.917 bits per heavy atom. The molecular weight excluding hydrogens is 349 g/mol. The molecule has 0 heterocycles. The fourth-order valence-corrected chi connectivity index (χ4v) is 2.73. The Bertz CT molecular complexity index is 677. The van der Waals surface area contributed by atoms with E-state index >= 15 is 0 Å². The Hall–Kier alpha value is -2.04. The van der Waals surface area contributed by atoms with Gasteiger partial charge >= 0.3 is 6.09 Å². The van der Waals surface area contributed by atoms with Gasteiger partial charge in [0.2, 0.25) is 0 Å². The van der Waals surface area contributed by atoms with Crippen molar-refractivity contribution in [1.29, 1.82) is 0 Å². The lowest BCUT2D eigenvalue weighted by molar-refractivity contribution is -0.122. The largest absolute Gasteiger partial charge is 0.465 e.